The summed E-state index contributed by atoms with van der Waals surface area (Å²) in [6.07, 6.45) is 2.95. The van der Waals surface area contributed by atoms with Gasteiger partial charge in [-0.1, -0.05) is 12.1 Å². The minimum atomic E-state index is -3.78. The van der Waals surface area contributed by atoms with Gasteiger partial charge < -0.3 is 5.11 Å². The first kappa shape index (κ1) is 12.4. The molecule has 0 atom stereocenters. The Kier molecular flexibility index (Phi) is 2.94. The largest absolute Gasteiger partial charge is 0.507 e. The maximum atomic E-state index is 12.1. The minimum absolute atomic E-state index is 0.134. The zero-order valence-corrected chi connectivity index (χ0v) is 11.6. The second-order valence-electron chi connectivity index (χ2n) is 4.32. The number of sulfonamides is 1. The Bertz CT molecular complexity index is 701. The van der Waals surface area contributed by atoms with Gasteiger partial charge in [0.25, 0.3) is 10.0 Å². The van der Waals surface area contributed by atoms with Crippen LogP contribution in [0.15, 0.2) is 29.2 Å². The van der Waals surface area contributed by atoms with Crippen LogP contribution in [0.25, 0.3) is 0 Å². The second-order valence-corrected chi connectivity index (χ2v) is 7.05. The SMILES string of the molecule is O=S(=O)(Nc1nc2c(s1)CCC2)c1ccccc1O. The lowest BCUT2D eigenvalue weighted by atomic mass is 10.3. The van der Waals surface area contributed by atoms with Crippen molar-refractivity contribution >= 4 is 26.5 Å². The molecule has 7 heteroatoms. The summed E-state index contributed by atoms with van der Waals surface area (Å²) in [5.74, 6) is -0.265. The van der Waals surface area contributed by atoms with Crippen molar-refractivity contribution in [2.24, 2.45) is 0 Å². The smallest absolute Gasteiger partial charge is 0.267 e. The van der Waals surface area contributed by atoms with Crippen LogP contribution in [0, 0.1) is 0 Å². The molecule has 5 nitrogen and oxygen atoms in total. The molecule has 1 aliphatic rings. The zero-order valence-electron chi connectivity index (χ0n) is 9.96. The molecule has 1 aromatic carbocycles. The number of fused-ring (bicyclic) bond motifs is 1. The Hall–Kier alpha value is -1.60. The molecule has 1 heterocycles. The van der Waals surface area contributed by atoms with E-state index < -0.39 is 10.0 Å². The van der Waals surface area contributed by atoms with Gasteiger partial charge in [-0.25, -0.2) is 13.4 Å². The number of rotatable bonds is 3. The number of para-hydroxylation sites is 1. The summed E-state index contributed by atoms with van der Waals surface area (Å²) in [6.45, 7) is 0. The van der Waals surface area contributed by atoms with Gasteiger partial charge in [0.1, 0.15) is 10.6 Å². The number of benzene rings is 1. The van der Waals surface area contributed by atoms with E-state index in [-0.39, 0.29) is 10.6 Å². The van der Waals surface area contributed by atoms with Gasteiger partial charge in [0, 0.05) is 4.88 Å². The number of aromatic hydroxyl groups is 1. The Balaban J connectivity index is 1.91. The monoisotopic (exact) mass is 296 g/mol. The summed E-state index contributed by atoms with van der Waals surface area (Å²) < 4.78 is 26.7. The molecule has 0 fully saturated rings. The summed E-state index contributed by atoms with van der Waals surface area (Å²) in [7, 11) is -3.78. The first-order chi connectivity index (χ1) is 9.06. The third-order valence-corrected chi connectivity index (χ3v) is 5.56. The molecule has 100 valence electrons. The maximum Gasteiger partial charge on any atom is 0.267 e. The molecule has 3 rings (SSSR count). The van der Waals surface area contributed by atoms with Gasteiger partial charge in [-0.2, -0.15) is 0 Å². The number of phenols is 1. The zero-order chi connectivity index (χ0) is 13.5. The molecule has 2 aromatic rings. The molecular weight excluding hydrogens is 284 g/mol. The minimum Gasteiger partial charge on any atom is -0.507 e. The number of aryl methyl sites for hydroxylation is 2. The maximum absolute atomic E-state index is 12.1. The van der Waals surface area contributed by atoms with Gasteiger partial charge >= 0.3 is 0 Å². The van der Waals surface area contributed by atoms with Crippen LogP contribution in [-0.4, -0.2) is 18.5 Å². The molecule has 0 spiro atoms. The van der Waals surface area contributed by atoms with E-state index >= 15 is 0 Å². The van der Waals surface area contributed by atoms with Crippen molar-refractivity contribution in [2.45, 2.75) is 24.2 Å². The average Bonchev–Trinajstić information content (AvgIpc) is 2.89. The van der Waals surface area contributed by atoms with E-state index in [1.165, 1.54) is 23.5 Å². The number of thiazole rings is 1. The highest BCUT2D eigenvalue weighted by Crippen LogP contribution is 2.32. The van der Waals surface area contributed by atoms with Crippen molar-refractivity contribution in [1.82, 2.24) is 4.98 Å². The number of hydrogen-bond donors (Lipinski definition) is 2. The van der Waals surface area contributed by atoms with Crippen molar-refractivity contribution in [3.8, 4) is 5.75 Å². The van der Waals surface area contributed by atoms with E-state index in [2.05, 4.69) is 9.71 Å². The van der Waals surface area contributed by atoms with Crippen molar-refractivity contribution < 1.29 is 13.5 Å². The number of anilines is 1. The molecule has 0 saturated heterocycles. The number of aromatic nitrogens is 1. The Morgan fingerprint density at radius 3 is 2.79 bits per heavy atom. The molecule has 0 unspecified atom stereocenters. The van der Waals surface area contributed by atoms with Crippen LogP contribution in [0.5, 0.6) is 5.75 Å². The summed E-state index contributed by atoms with van der Waals surface area (Å²) >= 11 is 1.37. The van der Waals surface area contributed by atoms with E-state index in [1.54, 1.807) is 12.1 Å². The lowest BCUT2D eigenvalue weighted by molar-refractivity contribution is 0.459. The molecule has 0 aliphatic heterocycles. The highest BCUT2D eigenvalue weighted by Gasteiger charge is 2.22. The standard InChI is InChI=1S/C12H12N2O3S2/c15-9-5-1-2-7-11(9)19(16,17)14-12-13-8-4-3-6-10(8)18-12/h1-2,5,7,15H,3-4,6H2,(H,13,14). The first-order valence-corrected chi connectivity index (χ1v) is 8.15. The molecule has 1 aromatic heterocycles. The van der Waals surface area contributed by atoms with Gasteiger partial charge in [-0.05, 0) is 31.4 Å². The molecule has 2 N–H and O–H groups in total. The van der Waals surface area contributed by atoms with Crippen LogP contribution in [0.2, 0.25) is 0 Å². The van der Waals surface area contributed by atoms with E-state index in [9.17, 15) is 13.5 Å². The fraction of sp³-hybridized carbons (Fsp3) is 0.250. The molecule has 19 heavy (non-hydrogen) atoms. The number of nitrogens with zero attached hydrogens (tertiary/aromatic N) is 1. The number of nitrogens with one attached hydrogen (secondary N) is 1. The third-order valence-electron chi connectivity index (χ3n) is 2.97. The Labute approximate surface area is 115 Å². The van der Waals surface area contributed by atoms with Gasteiger partial charge in [-0.3, -0.25) is 4.72 Å². The van der Waals surface area contributed by atoms with Gasteiger partial charge in [0.05, 0.1) is 5.69 Å². The van der Waals surface area contributed by atoms with Gasteiger partial charge in [0.15, 0.2) is 5.13 Å². The van der Waals surface area contributed by atoms with Crippen LogP contribution >= 0.6 is 11.3 Å². The van der Waals surface area contributed by atoms with E-state index in [0.717, 1.165) is 29.8 Å². The van der Waals surface area contributed by atoms with Crippen LogP contribution in [0.4, 0.5) is 5.13 Å². The van der Waals surface area contributed by atoms with Crippen molar-refractivity contribution in [3.05, 3.63) is 34.8 Å². The summed E-state index contributed by atoms with van der Waals surface area (Å²) in [5, 5.41) is 9.97. The van der Waals surface area contributed by atoms with E-state index in [4.69, 9.17) is 0 Å². The number of hydrogen-bond acceptors (Lipinski definition) is 5. The normalized spacial score (nSPS) is 14.3. The topological polar surface area (TPSA) is 79.3 Å². The van der Waals surface area contributed by atoms with Crippen LogP contribution in [-0.2, 0) is 22.9 Å². The highest BCUT2D eigenvalue weighted by molar-refractivity contribution is 7.93. The predicted octanol–water partition coefficient (Wildman–Crippen LogP) is 2.14. The number of phenolic OH excluding ortho intramolecular Hbond substituents is 1. The lowest BCUT2D eigenvalue weighted by Crippen LogP contribution is -2.13. The first-order valence-electron chi connectivity index (χ1n) is 5.86. The summed E-state index contributed by atoms with van der Waals surface area (Å²) in [5.41, 5.74) is 0.986. The highest BCUT2D eigenvalue weighted by atomic mass is 32.2. The van der Waals surface area contributed by atoms with Crippen molar-refractivity contribution in [1.29, 1.82) is 0 Å². The van der Waals surface area contributed by atoms with Crippen molar-refractivity contribution in [2.75, 3.05) is 4.72 Å². The molecule has 0 bridgehead atoms. The lowest BCUT2D eigenvalue weighted by Gasteiger charge is -2.06. The average molecular weight is 296 g/mol. The molecule has 0 amide bonds. The molecule has 0 radical (unpaired) electrons. The van der Waals surface area contributed by atoms with Crippen molar-refractivity contribution in [3.63, 3.8) is 0 Å². The predicted molar refractivity (Wildman–Crippen MR) is 73.1 cm³/mol. The molecular formula is C12H12N2O3S2. The summed E-state index contributed by atoms with van der Waals surface area (Å²) in [6, 6.07) is 5.85. The third kappa shape index (κ3) is 2.31. The van der Waals surface area contributed by atoms with Gasteiger partial charge in [0.2, 0.25) is 0 Å². The van der Waals surface area contributed by atoms with E-state index in [1.807, 2.05) is 0 Å². The van der Waals surface area contributed by atoms with Gasteiger partial charge in [-0.15, -0.1) is 11.3 Å². The summed E-state index contributed by atoms with van der Waals surface area (Å²) in [4.78, 5) is 5.29. The van der Waals surface area contributed by atoms with E-state index in [0.29, 0.717) is 5.13 Å². The quantitative estimate of drug-likeness (QED) is 0.909. The molecule has 0 saturated carbocycles. The van der Waals surface area contributed by atoms with Crippen LogP contribution in [0.1, 0.15) is 17.0 Å². The Morgan fingerprint density at radius 2 is 2.05 bits per heavy atom. The van der Waals surface area contributed by atoms with Crippen LogP contribution in [0.3, 0.4) is 0 Å². The fourth-order valence-electron chi connectivity index (χ4n) is 2.09. The second kappa shape index (κ2) is 4.50. The van der Waals surface area contributed by atoms with Crippen LogP contribution < -0.4 is 4.72 Å². The Morgan fingerprint density at radius 1 is 1.26 bits per heavy atom. The molecule has 1 aliphatic carbocycles. The fourth-order valence-corrected chi connectivity index (χ4v) is 4.47.